The van der Waals surface area contributed by atoms with Crippen LogP contribution in [0.4, 0.5) is 8.78 Å². The van der Waals surface area contributed by atoms with Gasteiger partial charge in [0.05, 0.1) is 0 Å². The van der Waals surface area contributed by atoms with Crippen molar-refractivity contribution in [1.29, 1.82) is 0 Å². The van der Waals surface area contributed by atoms with Crippen LogP contribution in [-0.4, -0.2) is 12.6 Å². The van der Waals surface area contributed by atoms with Gasteiger partial charge in [-0.3, -0.25) is 0 Å². The van der Waals surface area contributed by atoms with E-state index in [2.05, 4.69) is 26.1 Å². The maximum absolute atomic E-state index is 13.5. The van der Waals surface area contributed by atoms with Gasteiger partial charge in [-0.1, -0.05) is 20.8 Å². The maximum Gasteiger partial charge on any atom is 0.126 e. The van der Waals surface area contributed by atoms with E-state index in [0.29, 0.717) is 17.9 Å². The largest absolute Gasteiger partial charge is 0.313 e. The number of halogens is 2. The van der Waals surface area contributed by atoms with Crippen molar-refractivity contribution in [2.75, 3.05) is 6.54 Å². The summed E-state index contributed by atoms with van der Waals surface area (Å²) in [6, 6.07) is 3.83. The molecular formula is C14H21F2N. The van der Waals surface area contributed by atoms with Crippen LogP contribution in [0.15, 0.2) is 18.2 Å². The van der Waals surface area contributed by atoms with Crippen LogP contribution in [0.2, 0.25) is 0 Å². The van der Waals surface area contributed by atoms with Gasteiger partial charge in [0.25, 0.3) is 0 Å². The molecule has 17 heavy (non-hydrogen) atoms. The first-order chi connectivity index (χ1) is 8.04. The van der Waals surface area contributed by atoms with E-state index >= 15 is 0 Å². The summed E-state index contributed by atoms with van der Waals surface area (Å²) in [5.74, 6) is -0.307. The zero-order valence-electron chi connectivity index (χ0n) is 10.8. The van der Waals surface area contributed by atoms with Gasteiger partial charge in [-0.05, 0) is 49.1 Å². The molecule has 1 rings (SSSR count). The van der Waals surface area contributed by atoms with Gasteiger partial charge in [-0.2, -0.15) is 0 Å². The van der Waals surface area contributed by atoms with Crippen molar-refractivity contribution in [2.45, 2.75) is 39.7 Å². The van der Waals surface area contributed by atoms with Gasteiger partial charge < -0.3 is 5.32 Å². The van der Waals surface area contributed by atoms with Gasteiger partial charge in [-0.25, -0.2) is 8.78 Å². The second kappa shape index (κ2) is 6.70. The lowest BCUT2D eigenvalue weighted by molar-refractivity contribution is 0.392. The first kappa shape index (κ1) is 14.1. The van der Waals surface area contributed by atoms with Gasteiger partial charge in [0, 0.05) is 6.04 Å². The molecule has 1 N–H and O–H groups in total. The minimum atomic E-state index is -0.376. The lowest BCUT2D eigenvalue weighted by Crippen LogP contribution is -2.36. The fourth-order valence-corrected chi connectivity index (χ4v) is 1.81. The fraction of sp³-hybridized carbons (Fsp3) is 0.571. The van der Waals surface area contributed by atoms with Crippen LogP contribution >= 0.6 is 0 Å². The van der Waals surface area contributed by atoms with E-state index in [1.807, 2.05) is 0 Å². The van der Waals surface area contributed by atoms with Crippen molar-refractivity contribution in [1.82, 2.24) is 5.32 Å². The van der Waals surface area contributed by atoms with E-state index < -0.39 is 0 Å². The van der Waals surface area contributed by atoms with Crippen LogP contribution in [0.3, 0.4) is 0 Å². The Labute approximate surface area is 102 Å². The van der Waals surface area contributed by atoms with E-state index in [0.717, 1.165) is 19.0 Å². The zero-order chi connectivity index (χ0) is 12.8. The molecule has 0 fully saturated rings. The standard InChI is InChI=1S/C14H21F2N/c1-4-7-17-14(10(2)3)9-11-8-12(15)5-6-13(11)16/h5-6,8,10,14,17H,4,7,9H2,1-3H3. The van der Waals surface area contributed by atoms with Crippen molar-refractivity contribution >= 4 is 0 Å². The van der Waals surface area contributed by atoms with Gasteiger partial charge in [0.2, 0.25) is 0 Å². The van der Waals surface area contributed by atoms with Gasteiger partial charge in [0.1, 0.15) is 11.6 Å². The summed E-state index contributed by atoms with van der Waals surface area (Å²) in [4.78, 5) is 0. The van der Waals surface area contributed by atoms with Gasteiger partial charge in [-0.15, -0.1) is 0 Å². The summed E-state index contributed by atoms with van der Waals surface area (Å²) >= 11 is 0. The number of nitrogens with one attached hydrogen (secondary N) is 1. The Balaban J connectivity index is 2.74. The first-order valence-electron chi connectivity index (χ1n) is 6.22. The average Bonchev–Trinajstić information content (AvgIpc) is 2.28. The molecular weight excluding hydrogens is 220 g/mol. The third-order valence-electron chi connectivity index (χ3n) is 2.91. The van der Waals surface area contributed by atoms with Crippen LogP contribution in [-0.2, 0) is 6.42 Å². The van der Waals surface area contributed by atoms with Crippen LogP contribution in [0.25, 0.3) is 0 Å². The molecule has 0 amide bonds. The normalized spacial score (nSPS) is 13.1. The highest BCUT2D eigenvalue weighted by Gasteiger charge is 2.15. The Bertz CT molecular complexity index is 350. The molecule has 0 bridgehead atoms. The Hall–Kier alpha value is -0.960. The molecule has 0 heterocycles. The Morgan fingerprint density at radius 2 is 1.94 bits per heavy atom. The molecule has 0 aliphatic heterocycles. The Morgan fingerprint density at radius 3 is 2.53 bits per heavy atom. The van der Waals surface area contributed by atoms with Crippen molar-refractivity contribution in [2.24, 2.45) is 5.92 Å². The molecule has 1 atom stereocenters. The Kier molecular flexibility index (Phi) is 5.56. The second-order valence-corrected chi connectivity index (χ2v) is 4.74. The number of hydrogen-bond acceptors (Lipinski definition) is 1. The smallest absolute Gasteiger partial charge is 0.126 e. The highest BCUT2D eigenvalue weighted by atomic mass is 19.1. The third kappa shape index (κ3) is 4.43. The molecule has 0 saturated carbocycles. The van der Waals surface area contributed by atoms with Crippen molar-refractivity contribution in [3.05, 3.63) is 35.4 Å². The molecule has 0 aliphatic rings. The second-order valence-electron chi connectivity index (χ2n) is 4.74. The molecule has 1 nitrogen and oxygen atoms in total. The highest BCUT2D eigenvalue weighted by Crippen LogP contribution is 2.15. The molecule has 96 valence electrons. The zero-order valence-corrected chi connectivity index (χ0v) is 10.8. The van der Waals surface area contributed by atoms with Crippen molar-refractivity contribution < 1.29 is 8.78 Å². The lowest BCUT2D eigenvalue weighted by atomic mass is 9.96. The summed E-state index contributed by atoms with van der Waals surface area (Å²) in [6.07, 6.45) is 1.57. The van der Waals surface area contributed by atoms with Crippen molar-refractivity contribution in [3.8, 4) is 0 Å². The van der Waals surface area contributed by atoms with E-state index in [-0.39, 0.29) is 17.7 Å². The van der Waals surface area contributed by atoms with Crippen LogP contribution < -0.4 is 5.32 Å². The van der Waals surface area contributed by atoms with Gasteiger partial charge >= 0.3 is 0 Å². The van der Waals surface area contributed by atoms with E-state index in [1.54, 1.807) is 0 Å². The summed E-state index contributed by atoms with van der Waals surface area (Å²) in [7, 11) is 0. The third-order valence-corrected chi connectivity index (χ3v) is 2.91. The van der Waals surface area contributed by atoms with Crippen LogP contribution in [0.1, 0.15) is 32.8 Å². The van der Waals surface area contributed by atoms with E-state index in [1.165, 1.54) is 12.1 Å². The molecule has 0 radical (unpaired) electrons. The predicted molar refractivity (Wildman–Crippen MR) is 67.0 cm³/mol. The molecule has 0 spiro atoms. The molecule has 0 aliphatic carbocycles. The predicted octanol–water partition coefficient (Wildman–Crippen LogP) is 3.53. The minimum absolute atomic E-state index is 0.186. The van der Waals surface area contributed by atoms with Crippen LogP contribution in [0.5, 0.6) is 0 Å². The summed E-state index contributed by atoms with van der Waals surface area (Å²) in [5.41, 5.74) is 0.451. The summed E-state index contributed by atoms with van der Waals surface area (Å²) in [5, 5.41) is 3.37. The van der Waals surface area contributed by atoms with E-state index in [4.69, 9.17) is 0 Å². The lowest BCUT2D eigenvalue weighted by Gasteiger charge is -2.22. The average molecular weight is 241 g/mol. The fourth-order valence-electron chi connectivity index (χ4n) is 1.81. The molecule has 0 aromatic heterocycles. The van der Waals surface area contributed by atoms with Crippen LogP contribution in [0, 0.1) is 17.6 Å². The quantitative estimate of drug-likeness (QED) is 0.803. The highest BCUT2D eigenvalue weighted by molar-refractivity contribution is 5.20. The summed E-state index contributed by atoms with van der Waals surface area (Å²) < 4.78 is 26.6. The monoisotopic (exact) mass is 241 g/mol. The molecule has 0 saturated heterocycles. The minimum Gasteiger partial charge on any atom is -0.313 e. The number of rotatable bonds is 6. The topological polar surface area (TPSA) is 12.0 Å². The van der Waals surface area contributed by atoms with Crippen molar-refractivity contribution in [3.63, 3.8) is 0 Å². The summed E-state index contributed by atoms with van der Waals surface area (Å²) in [6.45, 7) is 7.17. The Morgan fingerprint density at radius 1 is 1.24 bits per heavy atom. The maximum atomic E-state index is 13.5. The molecule has 1 aromatic rings. The molecule has 1 aromatic carbocycles. The molecule has 1 unspecified atom stereocenters. The SMILES string of the molecule is CCCNC(Cc1cc(F)ccc1F)C(C)C. The number of hydrogen-bond donors (Lipinski definition) is 1. The first-order valence-corrected chi connectivity index (χ1v) is 6.22. The van der Waals surface area contributed by atoms with E-state index in [9.17, 15) is 8.78 Å². The molecule has 3 heteroatoms. The number of benzene rings is 1. The van der Waals surface area contributed by atoms with Gasteiger partial charge in [0.15, 0.2) is 0 Å².